The molecular formula is C18H20ClNO2. The van der Waals surface area contributed by atoms with Crippen LogP contribution in [0.15, 0.2) is 48.5 Å². The van der Waals surface area contributed by atoms with Gasteiger partial charge in [0.15, 0.2) is 0 Å². The van der Waals surface area contributed by atoms with E-state index in [-0.39, 0.29) is 12.5 Å². The summed E-state index contributed by atoms with van der Waals surface area (Å²) in [5, 5.41) is 12.9. The van der Waals surface area contributed by atoms with Crippen molar-refractivity contribution in [2.45, 2.75) is 32.4 Å². The van der Waals surface area contributed by atoms with Crippen LogP contribution in [0.1, 0.15) is 29.5 Å². The average molecular weight is 318 g/mol. The van der Waals surface area contributed by atoms with Crippen molar-refractivity contribution in [1.29, 1.82) is 0 Å². The quantitative estimate of drug-likeness (QED) is 0.821. The van der Waals surface area contributed by atoms with Gasteiger partial charge in [0, 0.05) is 18.0 Å². The summed E-state index contributed by atoms with van der Waals surface area (Å²) in [4.78, 5) is 11.9. The summed E-state index contributed by atoms with van der Waals surface area (Å²) in [6.45, 7) is 0.444. The fourth-order valence-corrected chi connectivity index (χ4v) is 2.40. The molecule has 2 N–H and O–H groups in total. The van der Waals surface area contributed by atoms with E-state index in [0.29, 0.717) is 13.0 Å². The van der Waals surface area contributed by atoms with E-state index < -0.39 is 0 Å². The van der Waals surface area contributed by atoms with Crippen LogP contribution in [0, 0.1) is 0 Å². The maximum Gasteiger partial charge on any atom is 0.220 e. The first-order valence-electron chi connectivity index (χ1n) is 7.38. The highest BCUT2D eigenvalue weighted by Crippen LogP contribution is 2.12. The molecule has 0 bridgehead atoms. The van der Waals surface area contributed by atoms with Gasteiger partial charge in [0.05, 0.1) is 6.61 Å². The molecule has 2 aromatic rings. The number of hydrogen-bond donors (Lipinski definition) is 2. The van der Waals surface area contributed by atoms with Gasteiger partial charge in [0.25, 0.3) is 0 Å². The summed E-state index contributed by atoms with van der Waals surface area (Å²) >= 11 is 5.84. The Labute approximate surface area is 135 Å². The van der Waals surface area contributed by atoms with Gasteiger partial charge in [-0.05, 0) is 41.7 Å². The van der Waals surface area contributed by atoms with Gasteiger partial charge in [-0.1, -0.05) is 48.0 Å². The maximum absolute atomic E-state index is 11.9. The van der Waals surface area contributed by atoms with Crippen molar-refractivity contribution in [1.82, 2.24) is 5.32 Å². The number of carbonyl (C=O) groups is 1. The van der Waals surface area contributed by atoms with Gasteiger partial charge < -0.3 is 10.4 Å². The van der Waals surface area contributed by atoms with E-state index in [2.05, 4.69) is 5.32 Å². The topological polar surface area (TPSA) is 49.3 Å². The lowest BCUT2D eigenvalue weighted by molar-refractivity contribution is -0.121. The first-order valence-corrected chi connectivity index (χ1v) is 7.75. The van der Waals surface area contributed by atoms with Crippen LogP contribution < -0.4 is 5.32 Å². The molecule has 0 spiro atoms. The Hall–Kier alpha value is -1.84. The molecule has 116 valence electrons. The SMILES string of the molecule is O=C(CCCc1ccc(Cl)cc1)NCc1ccccc1CO. The molecular weight excluding hydrogens is 298 g/mol. The summed E-state index contributed by atoms with van der Waals surface area (Å²) in [5.41, 5.74) is 2.99. The van der Waals surface area contributed by atoms with Crippen LogP contribution in [-0.4, -0.2) is 11.0 Å². The predicted molar refractivity (Wildman–Crippen MR) is 88.6 cm³/mol. The lowest BCUT2D eigenvalue weighted by Crippen LogP contribution is -2.23. The Balaban J connectivity index is 1.73. The Kier molecular flexibility index (Phi) is 6.44. The second-order valence-electron chi connectivity index (χ2n) is 5.18. The fourth-order valence-electron chi connectivity index (χ4n) is 2.27. The van der Waals surface area contributed by atoms with Crippen LogP contribution in [0.5, 0.6) is 0 Å². The molecule has 0 aliphatic rings. The molecule has 0 unspecified atom stereocenters. The van der Waals surface area contributed by atoms with Gasteiger partial charge in [0.1, 0.15) is 0 Å². The normalized spacial score (nSPS) is 10.5. The Bertz CT molecular complexity index is 611. The van der Waals surface area contributed by atoms with Crippen LogP contribution in [0.2, 0.25) is 5.02 Å². The van der Waals surface area contributed by atoms with Crippen LogP contribution in [-0.2, 0) is 24.4 Å². The predicted octanol–water partition coefficient (Wildman–Crippen LogP) is 3.47. The molecule has 0 aliphatic carbocycles. The summed E-state index contributed by atoms with van der Waals surface area (Å²) in [6, 6.07) is 15.3. The third kappa shape index (κ3) is 5.17. The Morgan fingerprint density at radius 1 is 1.05 bits per heavy atom. The standard InChI is InChI=1S/C18H20ClNO2/c19-17-10-8-14(9-11-17)4-3-7-18(22)20-12-15-5-1-2-6-16(15)13-21/h1-2,5-6,8-11,21H,3-4,7,12-13H2,(H,20,22). The number of nitrogens with one attached hydrogen (secondary N) is 1. The number of aliphatic hydroxyl groups excluding tert-OH is 1. The van der Waals surface area contributed by atoms with E-state index in [9.17, 15) is 9.90 Å². The molecule has 22 heavy (non-hydrogen) atoms. The molecule has 0 saturated heterocycles. The second kappa shape index (κ2) is 8.57. The molecule has 0 saturated carbocycles. The molecule has 1 amide bonds. The molecule has 0 fully saturated rings. The average Bonchev–Trinajstić information content (AvgIpc) is 2.55. The van der Waals surface area contributed by atoms with Gasteiger partial charge in [-0.15, -0.1) is 0 Å². The molecule has 0 heterocycles. The fraction of sp³-hybridized carbons (Fsp3) is 0.278. The molecule has 4 heteroatoms. The van der Waals surface area contributed by atoms with Gasteiger partial charge in [0.2, 0.25) is 5.91 Å². The van der Waals surface area contributed by atoms with Gasteiger partial charge in [-0.3, -0.25) is 4.79 Å². The monoisotopic (exact) mass is 317 g/mol. The van der Waals surface area contributed by atoms with Crippen LogP contribution in [0.25, 0.3) is 0 Å². The minimum atomic E-state index is -0.0113. The number of benzene rings is 2. The molecule has 0 aromatic heterocycles. The zero-order chi connectivity index (χ0) is 15.8. The van der Waals surface area contributed by atoms with E-state index >= 15 is 0 Å². The molecule has 0 atom stereocenters. The van der Waals surface area contributed by atoms with Crippen molar-refractivity contribution < 1.29 is 9.90 Å². The number of aliphatic hydroxyl groups is 1. The summed E-state index contributed by atoms with van der Waals surface area (Å²) in [6.07, 6.45) is 2.15. The zero-order valence-corrected chi connectivity index (χ0v) is 13.1. The van der Waals surface area contributed by atoms with E-state index in [0.717, 1.165) is 29.0 Å². The molecule has 3 nitrogen and oxygen atoms in total. The summed E-state index contributed by atoms with van der Waals surface area (Å²) < 4.78 is 0. The van der Waals surface area contributed by atoms with Crippen molar-refractivity contribution in [2.75, 3.05) is 0 Å². The first-order chi connectivity index (χ1) is 10.7. The molecule has 2 rings (SSSR count). The minimum Gasteiger partial charge on any atom is -0.392 e. The third-order valence-corrected chi connectivity index (χ3v) is 3.80. The van der Waals surface area contributed by atoms with Crippen LogP contribution in [0.4, 0.5) is 0 Å². The van der Waals surface area contributed by atoms with E-state index in [1.54, 1.807) is 0 Å². The van der Waals surface area contributed by atoms with Crippen molar-refractivity contribution in [2.24, 2.45) is 0 Å². The lowest BCUT2D eigenvalue weighted by atomic mass is 10.1. The van der Waals surface area contributed by atoms with Gasteiger partial charge >= 0.3 is 0 Å². The van der Waals surface area contributed by atoms with Crippen LogP contribution in [0.3, 0.4) is 0 Å². The van der Waals surface area contributed by atoms with Crippen molar-refractivity contribution in [3.63, 3.8) is 0 Å². The van der Waals surface area contributed by atoms with Crippen molar-refractivity contribution in [3.05, 3.63) is 70.2 Å². The number of aryl methyl sites for hydroxylation is 1. The largest absolute Gasteiger partial charge is 0.392 e. The van der Waals surface area contributed by atoms with E-state index in [4.69, 9.17) is 11.6 Å². The Morgan fingerprint density at radius 3 is 2.41 bits per heavy atom. The van der Waals surface area contributed by atoms with Gasteiger partial charge in [-0.2, -0.15) is 0 Å². The first kappa shape index (κ1) is 16.5. The number of halogens is 1. The number of carbonyl (C=O) groups excluding carboxylic acids is 1. The lowest BCUT2D eigenvalue weighted by Gasteiger charge is -2.09. The Morgan fingerprint density at radius 2 is 1.73 bits per heavy atom. The highest BCUT2D eigenvalue weighted by atomic mass is 35.5. The molecule has 0 radical (unpaired) electrons. The van der Waals surface area contributed by atoms with Crippen molar-refractivity contribution in [3.8, 4) is 0 Å². The van der Waals surface area contributed by atoms with Crippen molar-refractivity contribution >= 4 is 17.5 Å². The zero-order valence-electron chi connectivity index (χ0n) is 12.4. The smallest absolute Gasteiger partial charge is 0.220 e. The highest BCUT2D eigenvalue weighted by molar-refractivity contribution is 6.30. The maximum atomic E-state index is 11.9. The highest BCUT2D eigenvalue weighted by Gasteiger charge is 2.04. The van der Waals surface area contributed by atoms with E-state index in [1.165, 1.54) is 5.56 Å². The number of hydrogen-bond acceptors (Lipinski definition) is 2. The summed E-state index contributed by atoms with van der Waals surface area (Å²) in [7, 11) is 0. The summed E-state index contributed by atoms with van der Waals surface area (Å²) in [5.74, 6) is 0.0294. The molecule has 0 aliphatic heterocycles. The number of rotatable bonds is 7. The minimum absolute atomic E-state index is 0.0113. The van der Waals surface area contributed by atoms with E-state index in [1.807, 2.05) is 48.5 Å². The number of amides is 1. The second-order valence-corrected chi connectivity index (χ2v) is 5.62. The molecule has 2 aromatic carbocycles. The third-order valence-electron chi connectivity index (χ3n) is 3.55. The van der Waals surface area contributed by atoms with Crippen LogP contribution >= 0.6 is 11.6 Å². The van der Waals surface area contributed by atoms with Gasteiger partial charge in [-0.25, -0.2) is 0 Å².